The zero-order valence-corrected chi connectivity index (χ0v) is 18.7. The highest BCUT2D eigenvalue weighted by molar-refractivity contribution is 5.97. The molecule has 8 heteroatoms. The average Bonchev–Trinajstić information content (AvgIpc) is 3.22. The Morgan fingerprint density at radius 2 is 1.76 bits per heavy atom. The molecule has 0 unspecified atom stereocenters. The first-order valence-corrected chi connectivity index (χ1v) is 10.7. The summed E-state index contributed by atoms with van der Waals surface area (Å²) in [5.41, 5.74) is 5.23. The van der Waals surface area contributed by atoms with E-state index in [0.29, 0.717) is 30.8 Å². The molecule has 168 valence electrons. The molecule has 0 spiro atoms. The molecule has 0 amide bonds. The number of hydrogen-bond donors (Lipinski definition) is 0. The summed E-state index contributed by atoms with van der Waals surface area (Å²) >= 11 is 0. The van der Waals surface area contributed by atoms with Gasteiger partial charge in [-0.3, -0.25) is 4.79 Å². The number of carbonyl (C=O) groups excluding carboxylic acids is 1. The molecule has 0 bridgehead atoms. The predicted octanol–water partition coefficient (Wildman–Crippen LogP) is 3.87. The average molecular weight is 444 g/mol. The fourth-order valence-corrected chi connectivity index (χ4v) is 4.53. The van der Waals surface area contributed by atoms with Crippen molar-refractivity contribution in [1.29, 1.82) is 0 Å². The summed E-state index contributed by atoms with van der Waals surface area (Å²) in [6.45, 7) is 0.309. The smallest absolute Gasteiger partial charge is 0.185 e. The SMILES string of the molecule is COCc1nn2c3c(nnc2c1-c1ccc(OC)cc1)C(=O)C[C@H](c1ccccc1OC)C3. The molecule has 0 aliphatic heterocycles. The first kappa shape index (κ1) is 21.1. The normalized spacial score (nSPS) is 15.5. The van der Waals surface area contributed by atoms with Crippen molar-refractivity contribution in [2.75, 3.05) is 21.3 Å². The Morgan fingerprint density at radius 1 is 0.970 bits per heavy atom. The minimum Gasteiger partial charge on any atom is -0.497 e. The molecule has 0 fully saturated rings. The van der Waals surface area contributed by atoms with Gasteiger partial charge in [-0.1, -0.05) is 30.3 Å². The monoisotopic (exact) mass is 444 g/mol. The van der Waals surface area contributed by atoms with E-state index in [9.17, 15) is 4.79 Å². The first-order valence-electron chi connectivity index (χ1n) is 10.7. The lowest BCUT2D eigenvalue weighted by Crippen LogP contribution is -2.24. The van der Waals surface area contributed by atoms with Crippen LogP contribution in [0.15, 0.2) is 48.5 Å². The zero-order valence-electron chi connectivity index (χ0n) is 18.7. The maximum absolute atomic E-state index is 13.0. The van der Waals surface area contributed by atoms with Crippen molar-refractivity contribution in [3.05, 3.63) is 71.2 Å². The van der Waals surface area contributed by atoms with Crippen LogP contribution in [0, 0.1) is 0 Å². The summed E-state index contributed by atoms with van der Waals surface area (Å²) in [7, 11) is 4.91. The van der Waals surface area contributed by atoms with Crippen LogP contribution in [0.3, 0.4) is 0 Å². The summed E-state index contributed by atoms with van der Waals surface area (Å²) in [4.78, 5) is 13.0. The molecule has 2 heterocycles. The van der Waals surface area contributed by atoms with Gasteiger partial charge in [-0.2, -0.15) is 5.10 Å². The van der Waals surface area contributed by atoms with E-state index in [1.165, 1.54) is 0 Å². The number of aromatic nitrogens is 4. The van der Waals surface area contributed by atoms with E-state index in [-0.39, 0.29) is 11.7 Å². The van der Waals surface area contributed by atoms with Gasteiger partial charge >= 0.3 is 0 Å². The highest BCUT2D eigenvalue weighted by atomic mass is 16.5. The Balaban J connectivity index is 1.66. The molecular formula is C25H24N4O4. The third kappa shape index (κ3) is 3.62. The highest BCUT2D eigenvalue weighted by Crippen LogP contribution is 2.38. The second-order valence-corrected chi connectivity index (χ2v) is 7.98. The van der Waals surface area contributed by atoms with Crippen LogP contribution in [0.5, 0.6) is 11.5 Å². The Morgan fingerprint density at radius 3 is 2.48 bits per heavy atom. The molecule has 0 saturated heterocycles. The lowest BCUT2D eigenvalue weighted by atomic mass is 9.83. The van der Waals surface area contributed by atoms with Crippen molar-refractivity contribution in [1.82, 2.24) is 19.8 Å². The number of hydrogen-bond acceptors (Lipinski definition) is 7. The third-order valence-corrected chi connectivity index (χ3v) is 6.08. The van der Waals surface area contributed by atoms with Gasteiger partial charge in [0, 0.05) is 19.4 Å². The van der Waals surface area contributed by atoms with Gasteiger partial charge in [-0.05, 0) is 35.7 Å². The molecule has 33 heavy (non-hydrogen) atoms. The summed E-state index contributed by atoms with van der Waals surface area (Å²) in [5, 5.41) is 13.6. The van der Waals surface area contributed by atoms with Gasteiger partial charge in [0.05, 0.1) is 37.8 Å². The number of Topliss-reactive ketones (excluding diaryl/α,β-unsaturated/α-hetero) is 1. The van der Waals surface area contributed by atoms with E-state index in [1.807, 2.05) is 48.5 Å². The van der Waals surface area contributed by atoms with Crippen LogP contribution in [0.25, 0.3) is 16.8 Å². The fraction of sp³-hybridized carbons (Fsp3) is 0.280. The number of benzene rings is 2. The van der Waals surface area contributed by atoms with Crippen molar-refractivity contribution in [2.45, 2.75) is 25.4 Å². The summed E-state index contributed by atoms with van der Waals surface area (Å²) in [5.74, 6) is 1.46. The molecule has 8 nitrogen and oxygen atoms in total. The second-order valence-electron chi connectivity index (χ2n) is 7.98. The van der Waals surface area contributed by atoms with E-state index >= 15 is 0 Å². The molecule has 0 radical (unpaired) electrons. The van der Waals surface area contributed by atoms with E-state index in [1.54, 1.807) is 25.8 Å². The molecule has 0 N–H and O–H groups in total. The molecule has 1 aliphatic carbocycles. The van der Waals surface area contributed by atoms with E-state index in [4.69, 9.17) is 19.3 Å². The number of fused-ring (bicyclic) bond motifs is 3. The van der Waals surface area contributed by atoms with E-state index in [0.717, 1.165) is 39.6 Å². The Bertz CT molecular complexity index is 1330. The topological polar surface area (TPSA) is 87.8 Å². The lowest BCUT2D eigenvalue weighted by Gasteiger charge is -2.24. The largest absolute Gasteiger partial charge is 0.497 e. The molecule has 1 atom stereocenters. The minimum atomic E-state index is -0.0451. The fourth-order valence-electron chi connectivity index (χ4n) is 4.53. The number of ether oxygens (including phenoxy) is 3. The highest BCUT2D eigenvalue weighted by Gasteiger charge is 2.33. The van der Waals surface area contributed by atoms with Gasteiger partial charge in [-0.15, -0.1) is 10.2 Å². The molecular weight excluding hydrogens is 420 g/mol. The Hall–Kier alpha value is -3.78. The summed E-state index contributed by atoms with van der Waals surface area (Å²) < 4.78 is 18.0. The van der Waals surface area contributed by atoms with Crippen LogP contribution in [0.2, 0.25) is 0 Å². The number of rotatable bonds is 6. The predicted molar refractivity (Wildman–Crippen MR) is 122 cm³/mol. The third-order valence-electron chi connectivity index (χ3n) is 6.08. The maximum Gasteiger partial charge on any atom is 0.185 e. The van der Waals surface area contributed by atoms with Crippen LogP contribution in [-0.4, -0.2) is 46.9 Å². The van der Waals surface area contributed by atoms with Crippen LogP contribution in [0.4, 0.5) is 0 Å². The van der Waals surface area contributed by atoms with Crippen LogP contribution >= 0.6 is 0 Å². The Labute approximate surface area is 191 Å². The summed E-state index contributed by atoms with van der Waals surface area (Å²) in [6.07, 6.45) is 0.953. The molecule has 5 rings (SSSR count). The number of carbonyl (C=O) groups is 1. The van der Waals surface area contributed by atoms with Crippen LogP contribution in [0.1, 0.15) is 39.8 Å². The van der Waals surface area contributed by atoms with Gasteiger partial charge in [0.15, 0.2) is 17.1 Å². The number of nitrogens with zero attached hydrogens (tertiary/aromatic N) is 4. The molecule has 4 aromatic rings. The Kier molecular flexibility index (Phi) is 5.51. The number of ketones is 1. The van der Waals surface area contributed by atoms with Crippen LogP contribution in [-0.2, 0) is 17.8 Å². The van der Waals surface area contributed by atoms with E-state index in [2.05, 4.69) is 10.2 Å². The molecule has 2 aromatic carbocycles. The zero-order chi connectivity index (χ0) is 22.9. The molecule has 1 aliphatic rings. The van der Waals surface area contributed by atoms with Gasteiger partial charge in [0.25, 0.3) is 0 Å². The molecule has 0 saturated carbocycles. The van der Waals surface area contributed by atoms with Gasteiger partial charge in [0.2, 0.25) is 0 Å². The van der Waals surface area contributed by atoms with Crippen molar-refractivity contribution >= 4 is 11.4 Å². The van der Waals surface area contributed by atoms with Crippen molar-refractivity contribution < 1.29 is 19.0 Å². The second kappa shape index (κ2) is 8.63. The quantitative estimate of drug-likeness (QED) is 0.446. The molecule has 2 aromatic heterocycles. The number of para-hydroxylation sites is 1. The van der Waals surface area contributed by atoms with Crippen molar-refractivity contribution in [3.8, 4) is 22.6 Å². The van der Waals surface area contributed by atoms with Gasteiger partial charge in [0.1, 0.15) is 11.5 Å². The van der Waals surface area contributed by atoms with Gasteiger partial charge < -0.3 is 14.2 Å². The van der Waals surface area contributed by atoms with Gasteiger partial charge in [-0.25, -0.2) is 4.52 Å². The minimum absolute atomic E-state index is 0.0342. The lowest BCUT2D eigenvalue weighted by molar-refractivity contribution is 0.0955. The van der Waals surface area contributed by atoms with Crippen molar-refractivity contribution in [3.63, 3.8) is 0 Å². The van der Waals surface area contributed by atoms with E-state index < -0.39 is 0 Å². The first-order chi connectivity index (χ1) is 16.1. The summed E-state index contributed by atoms with van der Waals surface area (Å²) in [6, 6.07) is 15.5. The maximum atomic E-state index is 13.0. The number of methoxy groups -OCH3 is 3. The standard InChI is InChI=1S/C25H24N4O4/c1-31-14-19-23(15-8-10-17(32-2)11-9-15)25-27-26-24-20(29(25)28-19)12-16(13-21(24)30)18-6-4-5-7-22(18)33-3/h4-11,16H,12-14H2,1-3H3/t16-/m1/s1. The van der Waals surface area contributed by atoms with Crippen LogP contribution < -0.4 is 9.47 Å². The van der Waals surface area contributed by atoms with Crippen molar-refractivity contribution in [2.24, 2.45) is 0 Å².